The van der Waals surface area contributed by atoms with Crippen molar-refractivity contribution in [2.75, 3.05) is 5.75 Å². The van der Waals surface area contributed by atoms with Crippen molar-refractivity contribution in [3.8, 4) is 0 Å². The highest BCUT2D eigenvalue weighted by Gasteiger charge is 2.44. The van der Waals surface area contributed by atoms with Crippen LogP contribution in [0.1, 0.15) is 30.4 Å². The number of hydrogen-bond donors (Lipinski definition) is 1. The van der Waals surface area contributed by atoms with Gasteiger partial charge in [-0.25, -0.2) is 0 Å². The summed E-state index contributed by atoms with van der Waals surface area (Å²) in [6, 6.07) is 8.33. The second-order valence-corrected chi connectivity index (χ2v) is 5.67. The highest BCUT2D eigenvalue weighted by Crippen LogP contribution is 2.50. The molecule has 0 unspecified atom stereocenters. The summed E-state index contributed by atoms with van der Waals surface area (Å²) in [4.78, 5) is 14.2. The van der Waals surface area contributed by atoms with E-state index in [-0.39, 0.29) is 5.41 Å². The fraction of sp³-hybridized carbons (Fsp3) is 0.500. The monoisotopic (exact) mass is 247 g/mol. The van der Waals surface area contributed by atoms with Gasteiger partial charge in [0.05, 0.1) is 0 Å². The van der Waals surface area contributed by atoms with E-state index in [1.165, 1.54) is 24.0 Å². The minimum Gasteiger partial charge on any atom is -0.334 e. The van der Waals surface area contributed by atoms with E-state index in [1.807, 2.05) is 17.0 Å². The van der Waals surface area contributed by atoms with Gasteiger partial charge in [0, 0.05) is 19.5 Å². The van der Waals surface area contributed by atoms with Crippen molar-refractivity contribution in [1.82, 2.24) is 4.90 Å². The van der Waals surface area contributed by atoms with Crippen LogP contribution in [0.5, 0.6) is 0 Å². The number of hydrogen-bond acceptors (Lipinski definition) is 2. The van der Waals surface area contributed by atoms with Crippen LogP contribution < -0.4 is 0 Å². The van der Waals surface area contributed by atoms with Crippen molar-refractivity contribution in [3.63, 3.8) is 0 Å². The van der Waals surface area contributed by atoms with E-state index >= 15 is 0 Å². The first-order valence-corrected chi connectivity index (χ1v) is 6.81. The van der Waals surface area contributed by atoms with E-state index in [2.05, 4.69) is 24.8 Å². The van der Waals surface area contributed by atoms with Crippen LogP contribution in [-0.2, 0) is 17.9 Å². The fourth-order valence-corrected chi connectivity index (χ4v) is 2.94. The standard InChI is InChI=1S/C14H17NOS/c16-13(7-14(10-17)5-6-14)15-8-11-3-1-2-4-12(11)9-15/h1-4,17H,5-10H2. The van der Waals surface area contributed by atoms with Gasteiger partial charge in [-0.05, 0) is 35.1 Å². The first kappa shape index (κ1) is 11.1. The van der Waals surface area contributed by atoms with E-state index in [0.29, 0.717) is 12.3 Å². The van der Waals surface area contributed by atoms with E-state index in [1.54, 1.807) is 0 Å². The third kappa shape index (κ3) is 2.08. The lowest BCUT2D eigenvalue weighted by Gasteiger charge is -2.19. The molecular formula is C14H17NOS. The molecular weight excluding hydrogens is 230 g/mol. The fourth-order valence-electron chi connectivity index (χ4n) is 2.51. The summed E-state index contributed by atoms with van der Waals surface area (Å²) in [6.45, 7) is 1.58. The molecule has 1 amide bonds. The number of thiol groups is 1. The summed E-state index contributed by atoms with van der Waals surface area (Å²) in [5.41, 5.74) is 2.84. The van der Waals surface area contributed by atoms with Crippen LogP contribution in [0.2, 0.25) is 0 Å². The van der Waals surface area contributed by atoms with Gasteiger partial charge in [0.15, 0.2) is 0 Å². The molecule has 2 aliphatic rings. The Balaban J connectivity index is 1.66. The SMILES string of the molecule is O=C(CC1(CS)CC1)N1Cc2ccccc2C1. The zero-order chi connectivity index (χ0) is 11.9. The van der Waals surface area contributed by atoms with Gasteiger partial charge in [0.25, 0.3) is 0 Å². The van der Waals surface area contributed by atoms with Gasteiger partial charge in [-0.1, -0.05) is 24.3 Å². The molecule has 0 bridgehead atoms. The van der Waals surface area contributed by atoms with Gasteiger partial charge in [-0.3, -0.25) is 4.79 Å². The summed E-state index contributed by atoms with van der Waals surface area (Å²) in [5.74, 6) is 1.15. The molecule has 1 aliphatic heterocycles. The summed E-state index contributed by atoms with van der Waals surface area (Å²) >= 11 is 4.36. The molecule has 0 aromatic heterocycles. The Bertz CT molecular complexity index is 428. The molecule has 90 valence electrons. The average Bonchev–Trinajstić information content (AvgIpc) is 2.98. The molecule has 0 saturated heterocycles. The lowest BCUT2D eigenvalue weighted by Crippen LogP contribution is -2.28. The summed E-state index contributed by atoms with van der Waals surface area (Å²) in [5, 5.41) is 0. The zero-order valence-corrected chi connectivity index (χ0v) is 10.7. The highest BCUT2D eigenvalue weighted by atomic mass is 32.1. The molecule has 1 aromatic carbocycles. The van der Waals surface area contributed by atoms with Gasteiger partial charge in [-0.2, -0.15) is 12.6 Å². The largest absolute Gasteiger partial charge is 0.334 e. The van der Waals surface area contributed by atoms with Crippen molar-refractivity contribution in [1.29, 1.82) is 0 Å². The lowest BCUT2D eigenvalue weighted by molar-refractivity contribution is -0.132. The van der Waals surface area contributed by atoms with Crippen molar-refractivity contribution in [2.45, 2.75) is 32.4 Å². The van der Waals surface area contributed by atoms with E-state index < -0.39 is 0 Å². The van der Waals surface area contributed by atoms with Gasteiger partial charge in [0.2, 0.25) is 5.91 Å². The quantitative estimate of drug-likeness (QED) is 0.814. The van der Waals surface area contributed by atoms with E-state index in [4.69, 9.17) is 0 Å². The number of carbonyl (C=O) groups excluding carboxylic acids is 1. The Hall–Kier alpha value is -0.960. The number of carbonyl (C=O) groups is 1. The molecule has 1 saturated carbocycles. The molecule has 1 aliphatic carbocycles. The Morgan fingerprint density at radius 3 is 2.29 bits per heavy atom. The highest BCUT2D eigenvalue weighted by molar-refractivity contribution is 7.80. The van der Waals surface area contributed by atoms with Crippen molar-refractivity contribution in [2.24, 2.45) is 5.41 Å². The van der Waals surface area contributed by atoms with Crippen LogP contribution in [0.25, 0.3) is 0 Å². The number of benzene rings is 1. The number of fused-ring (bicyclic) bond motifs is 1. The van der Waals surface area contributed by atoms with Crippen LogP contribution in [0, 0.1) is 5.41 Å². The molecule has 0 atom stereocenters. The molecule has 1 fully saturated rings. The molecule has 0 radical (unpaired) electrons. The van der Waals surface area contributed by atoms with Crippen molar-refractivity contribution < 1.29 is 4.79 Å². The maximum atomic E-state index is 12.2. The minimum atomic E-state index is 0.231. The lowest BCUT2D eigenvalue weighted by atomic mass is 10.0. The summed E-state index contributed by atoms with van der Waals surface area (Å²) in [6.07, 6.45) is 3.02. The molecule has 0 spiro atoms. The average molecular weight is 247 g/mol. The number of nitrogens with zero attached hydrogens (tertiary/aromatic N) is 1. The van der Waals surface area contributed by atoms with Gasteiger partial charge in [-0.15, -0.1) is 0 Å². The van der Waals surface area contributed by atoms with Crippen molar-refractivity contribution >= 4 is 18.5 Å². The molecule has 17 heavy (non-hydrogen) atoms. The van der Waals surface area contributed by atoms with Crippen LogP contribution >= 0.6 is 12.6 Å². The second kappa shape index (κ2) is 4.05. The Morgan fingerprint density at radius 2 is 1.82 bits per heavy atom. The van der Waals surface area contributed by atoms with E-state index in [9.17, 15) is 4.79 Å². The normalized spacial score (nSPS) is 20.2. The van der Waals surface area contributed by atoms with Gasteiger partial charge < -0.3 is 4.90 Å². The van der Waals surface area contributed by atoms with E-state index in [0.717, 1.165) is 18.8 Å². The van der Waals surface area contributed by atoms with Crippen LogP contribution in [-0.4, -0.2) is 16.6 Å². The zero-order valence-electron chi connectivity index (χ0n) is 9.85. The summed E-state index contributed by atoms with van der Waals surface area (Å²) in [7, 11) is 0. The smallest absolute Gasteiger partial charge is 0.223 e. The third-order valence-corrected chi connectivity index (χ3v) is 4.68. The molecule has 1 aromatic rings. The molecule has 3 heteroatoms. The maximum absolute atomic E-state index is 12.2. The van der Waals surface area contributed by atoms with Crippen molar-refractivity contribution in [3.05, 3.63) is 35.4 Å². The molecule has 2 nitrogen and oxygen atoms in total. The van der Waals surface area contributed by atoms with Crippen LogP contribution in [0.15, 0.2) is 24.3 Å². The Morgan fingerprint density at radius 1 is 1.24 bits per heavy atom. The minimum absolute atomic E-state index is 0.231. The second-order valence-electron chi connectivity index (χ2n) is 5.35. The third-order valence-electron chi connectivity index (χ3n) is 4.01. The predicted molar refractivity (Wildman–Crippen MR) is 70.8 cm³/mol. The molecule has 0 N–H and O–H groups in total. The molecule has 1 heterocycles. The van der Waals surface area contributed by atoms with Crippen LogP contribution in [0.3, 0.4) is 0 Å². The Labute approximate surface area is 107 Å². The van der Waals surface area contributed by atoms with Crippen LogP contribution in [0.4, 0.5) is 0 Å². The number of amides is 1. The first-order valence-electron chi connectivity index (χ1n) is 6.18. The predicted octanol–water partition coefficient (Wildman–Crippen LogP) is 2.63. The topological polar surface area (TPSA) is 20.3 Å². The van der Waals surface area contributed by atoms with Gasteiger partial charge >= 0.3 is 0 Å². The first-order chi connectivity index (χ1) is 8.22. The Kier molecular flexibility index (Phi) is 2.66. The van der Waals surface area contributed by atoms with Gasteiger partial charge in [0.1, 0.15) is 0 Å². The maximum Gasteiger partial charge on any atom is 0.223 e. The number of rotatable bonds is 3. The molecule has 3 rings (SSSR count). The summed E-state index contributed by atoms with van der Waals surface area (Å²) < 4.78 is 0.